The van der Waals surface area contributed by atoms with E-state index < -0.39 is 24.1 Å². The van der Waals surface area contributed by atoms with Crippen LogP contribution in [0.3, 0.4) is 0 Å². The van der Waals surface area contributed by atoms with Gasteiger partial charge in [-0.3, -0.25) is 14.4 Å². The number of hydrogen-bond acceptors (Lipinski definition) is 6. The molecule has 0 aromatic heterocycles. The molecule has 0 bridgehead atoms. The predicted octanol–water partition coefficient (Wildman–Crippen LogP) is 3.60. The van der Waals surface area contributed by atoms with Gasteiger partial charge in [-0.25, -0.2) is 14.2 Å². The molecule has 240 valence electrons. The summed E-state index contributed by atoms with van der Waals surface area (Å²) < 4.78 is 13.4. The van der Waals surface area contributed by atoms with Crippen molar-refractivity contribution in [1.29, 1.82) is 5.26 Å². The van der Waals surface area contributed by atoms with Gasteiger partial charge in [-0.15, -0.1) is 0 Å². The lowest BCUT2D eigenvalue weighted by Crippen LogP contribution is -2.66. The SMILES string of the molecule is N#CCN(C(=O)NCc1ccc(F)cc1)N1CC(=O)N2[C@@H](Cc3ccc(C#CC=O)cc3)C(=O)N(Cc3cccc4ccccc34)C[C@@H]21. The molecule has 0 unspecified atom stereocenters. The van der Waals surface area contributed by atoms with Crippen LogP contribution in [0.25, 0.3) is 10.8 Å². The number of urea groups is 1. The molecule has 1 N–H and O–H groups in total. The lowest BCUT2D eigenvalue weighted by molar-refractivity contribution is -0.157. The fraction of sp³-hybridized carbons (Fsp3) is 0.216. The van der Waals surface area contributed by atoms with Gasteiger partial charge in [0.15, 0.2) is 6.29 Å². The Morgan fingerprint density at radius 1 is 0.979 bits per heavy atom. The van der Waals surface area contributed by atoms with Gasteiger partial charge in [0.1, 0.15) is 24.6 Å². The average molecular weight is 643 g/mol. The molecule has 4 aromatic rings. The molecule has 0 aliphatic carbocycles. The summed E-state index contributed by atoms with van der Waals surface area (Å²) in [6.45, 7) is -0.0742. The summed E-state index contributed by atoms with van der Waals surface area (Å²) in [5.41, 5.74) is 3.02. The van der Waals surface area contributed by atoms with Crippen LogP contribution in [0, 0.1) is 29.0 Å². The number of carbonyl (C=O) groups is 4. The lowest BCUT2D eigenvalue weighted by Gasteiger charge is -2.46. The number of hydrazine groups is 1. The van der Waals surface area contributed by atoms with E-state index in [0.29, 0.717) is 17.4 Å². The van der Waals surface area contributed by atoms with Crippen LogP contribution in [0.15, 0.2) is 91.0 Å². The molecule has 2 saturated heterocycles. The zero-order valence-electron chi connectivity index (χ0n) is 25.9. The van der Waals surface area contributed by atoms with E-state index in [1.54, 1.807) is 34.2 Å². The topological polar surface area (TPSA) is 117 Å². The second kappa shape index (κ2) is 14.2. The number of nitrogens with zero attached hydrogens (tertiary/aromatic N) is 5. The van der Waals surface area contributed by atoms with Crippen LogP contribution in [-0.2, 0) is 33.9 Å². The minimum atomic E-state index is -0.880. The smallest absolute Gasteiger partial charge is 0.333 e. The summed E-state index contributed by atoms with van der Waals surface area (Å²) in [5, 5.41) is 17.3. The molecule has 4 amide bonds. The van der Waals surface area contributed by atoms with E-state index >= 15 is 0 Å². The molecule has 2 fully saturated rings. The predicted molar refractivity (Wildman–Crippen MR) is 175 cm³/mol. The highest BCUT2D eigenvalue weighted by atomic mass is 19.1. The number of hydrogen-bond donors (Lipinski definition) is 1. The first kappa shape index (κ1) is 31.9. The maximum atomic E-state index is 14.3. The van der Waals surface area contributed by atoms with Gasteiger partial charge in [0, 0.05) is 25.1 Å². The lowest BCUT2D eigenvalue weighted by atomic mass is 9.98. The van der Waals surface area contributed by atoms with Crippen molar-refractivity contribution in [3.05, 3.63) is 119 Å². The molecule has 10 nitrogen and oxygen atoms in total. The van der Waals surface area contributed by atoms with Crippen molar-refractivity contribution in [1.82, 2.24) is 25.1 Å². The number of piperazine rings is 1. The first-order valence-electron chi connectivity index (χ1n) is 15.4. The van der Waals surface area contributed by atoms with Gasteiger partial charge in [-0.1, -0.05) is 72.7 Å². The third-order valence-corrected chi connectivity index (χ3v) is 8.59. The fourth-order valence-electron chi connectivity index (χ4n) is 6.30. The monoisotopic (exact) mass is 642 g/mol. The highest BCUT2D eigenvalue weighted by Gasteiger charge is 2.52. The van der Waals surface area contributed by atoms with E-state index in [1.165, 1.54) is 22.0 Å². The number of aldehydes is 1. The van der Waals surface area contributed by atoms with Gasteiger partial charge in [0.2, 0.25) is 11.8 Å². The van der Waals surface area contributed by atoms with Crippen molar-refractivity contribution in [3.8, 4) is 17.9 Å². The van der Waals surface area contributed by atoms with Crippen molar-refractivity contribution in [2.24, 2.45) is 0 Å². The van der Waals surface area contributed by atoms with Gasteiger partial charge in [0.25, 0.3) is 0 Å². The summed E-state index contributed by atoms with van der Waals surface area (Å²) in [6, 6.07) is 27.2. The molecule has 2 aliphatic heterocycles. The van der Waals surface area contributed by atoms with E-state index in [4.69, 9.17) is 0 Å². The van der Waals surface area contributed by atoms with Crippen LogP contribution in [0.1, 0.15) is 22.3 Å². The summed E-state index contributed by atoms with van der Waals surface area (Å²) in [4.78, 5) is 55.4. The van der Waals surface area contributed by atoms with Gasteiger partial charge >= 0.3 is 6.03 Å². The second-order valence-corrected chi connectivity index (χ2v) is 11.5. The van der Waals surface area contributed by atoms with Crippen molar-refractivity contribution in [2.75, 3.05) is 19.6 Å². The molecule has 0 spiro atoms. The summed E-state index contributed by atoms with van der Waals surface area (Å²) in [7, 11) is 0. The standard InChI is InChI=1S/C37H31FN6O4/c38-31-16-14-28(15-17-31)22-40-37(48)42(19-18-39)43-25-35(46)44-33(21-27-12-10-26(11-13-27)5-4-20-45)36(47)41(24-34(43)44)23-30-8-3-7-29-6-1-2-9-32(29)30/h1-3,6-17,20,33-34H,19,21-25H2,(H,40,48)/t33-,34+/m0/s1. The number of amides is 4. The molecule has 11 heteroatoms. The van der Waals surface area contributed by atoms with Crippen molar-refractivity contribution in [2.45, 2.75) is 31.7 Å². The van der Waals surface area contributed by atoms with Crippen LogP contribution in [0.2, 0.25) is 0 Å². The van der Waals surface area contributed by atoms with E-state index in [0.717, 1.165) is 21.9 Å². The average Bonchev–Trinajstić information content (AvgIpc) is 3.43. The summed E-state index contributed by atoms with van der Waals surface area (Å²) >= 11 is 0. The number of nitrogens with one attached hydrogen (secondary N) is 1. The molecule has 2 aliphatic rings. The Labute approximate surface area is 276 Å². The molecule has 48 heavy (non-hydrogen) atoms. The number of halogens is 1. The maximum Gasteiger partial charge on any atom is 0.333 e. The Kier molecular flexibility index (Phi) is 9.42. The maximum absolute atomic E-state index is 14.3. The highest BCUT2D eigenvalue weighted by molar-refractivity contribution is 5.92. The van der Waals surface area contributed by atoms with Crippen LogP contribution in [0.4, 0.5) is 9.18 Å². The van der Waals surface area contributed by atoms with Crippen molar-refractivity contribution < 1.29 is 23.6 Å². The van der Waals surface area contributed by atoms with E-state index in [1.807, 2.05) is 60.7 Å². The second-order valence-electron chi connectivity index (χ2n) is 11.5. The molecule has 4 aromatic carbocycles. The third-order valence-electron chi connectivity index (χ3n) is 8.59. The van der Waals surface area contributed by atoms with Crippen LogP contribution < -0.4 is 5.32 Å². The molecule has 0 saturated carbocycles. The molecule has 0 radical (unpaired) electrons. The number of benzene rings is 4. The number of nitriles is 1. The van der Waals surface area contributed by atoms with Gasteiger partial charge in [-0.05, 0) is 57.6 Å². The molecular weight excluding hydrogens is 611 g/mol. The first-order valence-corrected chi connectivity index (χ1v) is 15.4. The van der Waals surface area contributed by atoms with Crippen LogP contribution in [0.5, 0.6) is 0 Å². The Morgan fingerprint density at radius 3 is 2.46 bits per heavy atom. The molecule has 2 atom stereocenters. The third kappa shape index (κ3) is 6.73. The van der Waals surface area contributed by atoms with Gasteiger partial charge in [0.05, 0.1) is 19.2 Å². The number of rotatable bonds is 8. The molecule has 2 heterocycles. The first-order chi connectivity index (χ1) is 23.4. The quantitative estimate of drug-likeness (QED) is 0.178. The molecular formula is C37H31FN6O4. The number of carbonyl (C=O) groups excluding carboxylic acids is 4. The Hall–Kier alpha value is -6.04. The van der Waals surface area contributed by atoms with Gasteiger partial charge in [-0.2, -0.15) is 10.3 Å². The minimum Gasteiger partial charge on any atom is -0.333 e. The van der Waals surface area contributed by atoms with Crippen molar-refractivity contribution >= 4 is 34.9 Å². The van der Waals surface area contributed by atoms with Gasteiger partial charge < -0.3 is 15.1 Å². The Bertz CT molecular complexity index is 1960. The summed E-state index contributed by atoms with van der Waals surface area (Å²) in [6.07, 6.45) is -0.00198. The zero-order valence-corrected chi connectivity index (χ0v) is 25.9. The fourth-order valence-corrected chi connectivity index (χ4v) is 6.30. The van der Waals surface area contributed by atoms with E-state index in [2.05, 4.69) is 17.2 Å². The van der Waals surface area contributed by atoms with E-state index in [9.17, 15) is 28.8 Å². The van der Waals surface area contributed by atoms with Crippen molar-refractivity contribution in [3.63, 3.8) is 0 Å². The number of fused-ring (bicyclic) bond motifs is 2. The summed E-state index contributed by atoms with van der Waals surface area (Å²) in [5.74, 6) is 4.15. The normalized spacial score (nSPS) is 17.3. The zero-order chi connectivity index (χ0) is 33.6. The van der Waals surface area contributed by atoms with E-state index in [-0.39, 0.29) is 51.0 Å². The minimum absolute atomic E-state index is 0.0821. The molecule has 6 rings (SSSR count). The Balaban J connectivity index is 1.31. The largest absolute Gasteiger partial charge is 0.333 e. The van der Waals surface area contributed by atoms with Crippen LogP contribution in [-0.4, -0.2) is 75.8 Å². The van der Waals surface area contributed by atoms with Crippen LogP contribution >= 0.6 is 0 Å². The Morgan fingerprint density at radius 2 is 1.71 bits per heavy atom. The highest BCUT2D eigenvalue weighted by Crippen LogP contribution is 2.31.